The molecule has 1 amide bonds. The average Bonchev–Trinajstić information content (AvgIpc) is 2.48. The van der Waals surface area contributed by atoms with Gasteiger partial charge < -0.3 is 11.1 Å². The lowest BCUT2D eigenvalue weighted by Crippen LogP contribution is -2.46. The van der Waals surface area contributed by atoms with Crippen LogP contribution in [0.5, 0.6) is 0 Å². The maximum atomic E-state index is 12.7. The monoisotopic (exact) mass is 321 g/mol. The number of aromatic nitrogens is 1. The number of fused-ring (bicyclic) bond motifs is 1. The molecule has 1 atom stereocenters. The first-order chi connectivity index (χ1) is 9.94. The summed E-state index contributed by atoms with van der Waals surface area (Å²) in [6.07, 6.45) is 0. The second-order valence-electron chi connectivity index (χ2n) is 4.56. The van der Waals surface area contributed by atoms with E-state index in [-0.39, 0.29) is 22.2 Å². The zero-order chi connectivity index (χ0) is 15.2. The van der Waals surface area contributed by atoms with E-state index in [1.54, 1.807) is 30.3 Å². The molecule has 3 N–H and O–H groups in total. The molecule has 0 spiro atoms. The molecule has 3 rings (SSSR count). The number of nitrogens with two attached hydrogens (primary N) is 1. The number of carbonyl (C=O) groups excluding carboxylic acids is 2. The molecule has 0 fully saturated rings. The molecule has 0 saturated carbocycles. The Kier molecular flexibility index (Phi) is 3.11. The normalized spacial score (nSPS) is 20.9. The summed E-state index contributed by atoms with van der Waals surface area (Å²) in [7, 11) is 0. The third-order valence-corrected chi connectivity index (χ3v) is 4.14. The standard InChI is InChI=1S/C14H9Cl2N3O2/c15-9-6-8-10(20)14(16,7-4-2-1-3-5-7)13(21)19-12(8)18-11(9)17/h1-6H,(H3,17,18,19,21). The van der Waals surface area contributed by atoms with Crippen LogP contribution in [-0.2, 0) is 9.67 Å². The summed E-state index contributed by atoms with van der Waals surface area (Å²) in [4.78, 5) is 27.1. The first-order valence-electron chi connectivity index (χ1n) is 6.01. The van der Waals surface area contributed by atoms with Gasteiger partial charge in [-0.3, -0.25) is 9.59 Å². The molecule has 21 heavy (non-hydrogen) atoms. The highest BCUT2D eigenvalue weighted by Crippen LogP contribution is 2.40. The number of hydrogen-bond donors (Lipinski definition) is 2. The van der Waals surface area contributed by atoms with Crippen molar-refractivity contribution >= 4 is 46.5 Å². The van der Waals surface area contributed by atoms with Gasteiger partial charge in [-0.15, -0.1) is 0 Å². The van der Waals surface area contributed by atoms with Gasteiger partial charge in [0.05, 0.1) is 10.6 Å². The molecule has 7 heteroatoms. The molecule has 0 aliphatic carbocycles. The molecule has 106 valence electrons. The van der Waals surface area contributed by atoms with Crippen LogP contribution in [0.15, 0.2) is 36.4 Å². The number of nitrogens with zero attached hydrogens (tertiary/aromatic N) is 1. The van der Waals surface area contributed by atoms with Gasteiger partial charge in [0.1, 0.15) is 11.6 Å². The van der Waals surface area contributed by atoms with E-state index in [4.69, 9.17) is 28.9 Å². The summed E-state index contributed by atoms with van der Waals surface area (Å²) in [6, 6.07) is 9.75. The van der Waals surface area contributed by atoms with Gasteiger partial charge in [-0.05, 0) is 11.6 Å². The van der Waals surface area contributed by atoms with E-state index in [1.165, 1.54) is 6.07 Å². The third kappa shape index (κ3) is 1.97. The quantitative estimate of drug-likeness (QED) is 0.624. The summed E-state index contributed by atoms with van der Waals surface area (Å²) in [6.45, 7) is 0. The minimum atomic E-state index is -1.84. The van der Waals surface area contributed by atoms with E-state index in [9.17, 15) is 9.59 Å². The Labute approximate surface area is 130 Å². The summed E-state index contributed by atoms with van der Waals surface area (Å²) < 4.78 is 0. The second kappa shape index (κ2) is 4.72. The predicted octanol–water partition coefficient (Wildman–Crippen LogP) is 2.59. The molecule has 2 heterocycles. The highest BCUT2D eigenvalue weighted by atomic mass is 35.5. The van der Waals surface area contributed by atoms with E-state index in [0.717, 1.165) is 0 Å². The lowest BCUT2D eigenvalue weighted by molar-refractivity contribution is -0.118. The Balaban J connectivity index is 2.20. The number of ketones is 1. The van der Waals surface area contributed by atoms with Crippen molar-refractivity contribution in [2.24, 2.45) is 0 Å². The van der Waals surface area contributed by atoms with Crippen molar-refractivity contribution in [3.05, 3.63) is 52.5 Å². The number of halogens is 2. The van der Waals surface area contributed by atoms with Gasteiger partial charge in [0.15, 0.2) is 0 Å². The topological polar surface area (TPSA) is 85.1 Å². The number of nitrogens with one attached hydrogen (secondary N) is 1. The van der Waals surface area contributed by atoms with Crippen LogP contribution in [0.3, 0.4) is 0 Å². The van der Waals surface area contributed by atoms with Crippen LogP contribution in [0.4, 0.5) is 11.6 Å². The number of hydrogen-bond acceptors (Lipinski definition) is 4. The fourth-order valence-electron chi connectivity index (χ4n) is 2.18. The number of benzene rings is 1. The highest BCUT2D eigenvalue weighted by Gasteiger charge is 2.50. The van der Waals surface area contributed by atoms with Crippen molar-refractivity contribution in [1.29, 1.82) is 0 Å². The van der Waals surface area contributed by atoms with E-state index < -0.39 is 16.6 Å². The lowest BCUT2D eigenvalue weighted by Gasteiger charge is -2.30. The van der Waals surface area contributed by atoms with E-state index in [2.05, 4.69) is 10.3 Å². The van der Waals surface area contributed by atoms with Gasteiger partial charge in [0.2, 0.25) is 10.7 Å². The largest absolute Gasteiger partial charge is 0.382 e. The van der Waals surface area contributed by atoms with Crippen molar-refractivity contribution in [2.75, 3.05) is 11.1 Å². The van der Waals surface area contributed by atoms with Crippen LogP contribution in [0.1, 0.15) is 15.9 Å². The predicted molar refractivity (Wildman–Crippen MR) is 80.6 cm³/mol. The Morgan fingerprint density at radius 3 is 2.52 bits per heavy atom. The van der Waals surface area contributed by atoms with Crippen LogP contribution >= 0.6 is 23.2 Å². The number of carbonyl (C=O) groups is 2. The molecule has 1 aliphatic heterocycles. The molecule has 2 aromatic rings. The Morgan fingerprint density at radius 1 is 1.19 bits per heavy atom. The van der Waals surface area contributed by atoms with Gasteiger partial charge in [-0.2, -0.15) is 0 Å². The molecule has 0 radical (unpaired) electrons. The highest BCUT2D eigenvalue weighted by molar-refractivity contribution is 6.51. The number of Topliss-reactive ketones (excluding diaryl/α,β-unsaturated/α-hetero) is 1. The number of nitrogen functional groups attached to an aromatic ring is 1. The number of pyridine rings is 1. The van der Waals surface area contributed by atoms with E-state index >= 15 is 0 Å². The summed E-state index contributed by atoms with van der Waals surface area (Å²) in [5.41, 5.74) is 6.09. The van der Waals surface area contributed by atoms with Crippen molar-refractivity contribution in [1.82, 2.24) is 4.98 Å². The van der Waals surface area contributed by atoms with Crippen molar-refractivity contribution < 1.29 is 9.59 Å². The first-order valence-corrected chi connectivity index (χ1v) is 6.77. The van der Waals surface area contributed by atoms with E-state index in [1.807, 2.05) is 0 Å². The van der Waals surface area contributed by atoms with Gasteiger partial charge in [-0.1, -0.05) is 53.5 Å². The minimum absolute atomic E-state index is 0.0327. The zero-order valence-electron chi connectivity index (χ0n) is 10.6. The van der Waals surface area contributed by atoms with Crippen LogP contribution < -0.4 is 11.1 Å². The molecule has 1 unspecified atom stereocenters. The minimum Gasteiger partial charge on any atom is -0.382 e. The fourth-order valence-corrected chi connectivity index (χ4v) is 2.61. The van der Waals surface area contributed by atoms with Crippen molar-refractivity contribution in [2.45, 2.75) is 4.87 Å². The maximum Gasteiger partial charge on any atom is 0.259 e. The van der Waals surface area contributed by atoms with Gasteiger partial charge in [0, 0.05) is 0 Å². The van der Waals surface area contributed by atoms with Crippen molar-refractivity contribution in [3.63, 3.8) is 0 Å². The summed E-state index contributed by atoms with van der Waals surface area (Å²) in [5.74, 6) is -1.14. The SMILES string of the molecule is Nc1nc2c(cc1Cl)C(=O)C(Cl)(c1ccccc1)C(=O)N2. The number of alkyl halides is 1. The molecule has 0 saturated heterocycles. The molecular weight excluding hydrogens is 313 g/mol. The Hall–Kier alpha value is -2.11. The smallest absolute Gasteiger partial charge is 0.259 e. The second-order valence-corrected chi connectivity index (χ2v) is 5.53. The van der Waals surface area contributed by atoms with Crippen LogP contribution in [-0.4, -0.2) is 16.7 Å². The first kappa shape index (κ1) is 13.9. The van der Waals surface area contributed by atoms with Crippen LogP contribution in [0.25, 0.3) is 0 Å². The molecule has 1 aliphatic rings. The van der Waals surface area contributed by atoms with Gasteiger partial charge >= 0.3 is 0 Å². The molecule has 0 bridgehead atoms. The van der Waals surface area contributed by atoms with Crippen molar-refractivity contribution in [3.8, 4) is 0 Å². The molecule has 5 nitrogen and oxygen atoms in total. The lowest BCUT2D eigenvalue weighted by atomic mass is 9.86. The number of rotatable bonds is 1. The molecule has 1 aromatic carbocycles. The Morgan fingerprint density at radius 2 is 1.86 bits per heavy atom. The fraction of sp³-hybridized carbons (Fsp3) is 0.0714. The van der Waals surface area contributed by atoms with Gasteiger partial charge in [-0.25, -0.2) is 4.98 Å². The summed E-state index contributed by atoms with van der Waals surface area (Å²) >= 11 is 12.2. The zero-order valence-corrected chi connectivity index (χ0v) is 12.1. The summed E-state index contributed by atoms with van der Waals surface area (Å²) in [5, 5.41) is 2.64. The average molecular weight is 322 g/mol. The van der Waals surface area contributed by atoms with Gasteiger partial charge in [0.25, 0.3) is 5.91 Å². The van der Waals surface area contributed by atoms with Crippen LogP contribution in [0, 0.1) is 0 Å². The number of amides is 1. The maximum absolute atomic E-state index is 12.7. The van der Waals surface area contributed by atoms with Crippen LogP contribution in [0.2, 0.25) is 5.02 Å². The third-order valence-electron chi connectivity index (χ3n) is 3.28. The number of anilines is 2. The molecular formula is C14H9Cl2N3O2. The molecule has 1 aromatic heterocycles. The van der Waals surface area contributed by atoms with E-state index in [0.29, 0.717) is 5.56 Å². The Bertz CT molecular complexity index is 764.